The second kappa shape index (κ2) is 6.65. The SMILES string of the molecule is CCN(CC)CCOc1c(C)cc(C)cc1C. The minimum Gasteiger partial charge on any atom is -0.492 e. The van der Waals surface area contributed by atoms with Crippen molar-refractivity contribution >= 4 is 0 Å². The molecule has 0 radical (unpaired) electrons. The van der Waals surface area contributed by atoms with Crippen LogP contribution in [0.1, 0.15) is 30.5 Å². The fraction of sp³-hybridized carbons (Fsp3) is 0.600. The van der Waals surface area contributed by atoms with Crippen molar-refractivity contribution in [3.63, 3.8) is 0 Å². The molecule has 2 heteroatoms. The fourth-order valence-corrected chi connectivity index (χ4v) is 2.21. The molecule has 0 unspecified atom stereocenters. The summed E-state index contributed by atoms with van der Waals surface area (Å²) in [6.07, 6.45) is 0. The molecule has 0 aromatic heterocycles. The molecule has 0 heterocycles. The lowest BCUT2D eigenvalue weighted by Crippen LogP contribution is -2.28. The Kier molecular flexibility index (Phi) is 5.49. The number of ether oxygens (including phenoxy) is 1. The Hall–Kier alpha value is -1.02. The summed E-state index contributed by atoms with van der Waals surface area (Å²) in [5, 5.41) is 0. The highest BCUT2D eigenvalue weighted by Crippen LogP contribution is 2.24. The lowest BCUT2D eigenvalue weighted by molar-refractivity contribution is 0.221. The summed E-state index contributed by atoms with van der Waals surface area (Å²) in [6, 6.07) is 4.36. The molecule has 0 aliphatic carbocycles. The van der Waals surface area contributed by atoms with Gasteiger partial charge in [-0.05, 0) is 45.0 Å². The zero-order chi connectivity index (χ0) is 12.8. The van der Waals surface area contributed by atoms with Crippen LogP contribution in [-0.2, 0) is 0 Å². The second-order valence-electron chi connectivity index (χ2n) is 4.60. The number of hydrogen-bond donors (Lipinski definition) is 0. The van der Waals surface area contributed by atoms with Gasteiger partial charge in [0.15, 0.2) is 0 Å². The van der Waals surface area contributed by atoms with Gasteiger partial charge in [-0.15, -0.1) is 0 Å². The summed E-state index contributed by atoms with van der Waals surface area (Å²) in [7, 11) is 0. The number of nitrogens with zero attached hydrogens (tertiary/aromatic N) is 1. The minimum atomic E-state index is 0.770. The van der Waals surface area contributed by atoms with E-state index in [1.165, 1.54) is 16.7 Å². The Morgan fingerprint density at radius 1 is 1.00 bits per heavy atom. The maximum absolute atomic E-state index is 5.92. The van der Waals surface area contributed by atoms with Gasteiger partial charge < -0.3 is 9.64 Å². The van der Waals surface area contributed by atoms with Gasteiger partial charge in [0, 0.05) is 6.54 Å². The van der Waals surface area contributed by atoms with Crippen LogP contribution in [0.4, 0.5) is 0 Å². The van der Waals surface area contributed by atoms with Crippen molar-refractivity contribution in [1.82, 2.24) is 4.90 Å². The Balaban J connectivity index is 2.58. The molecule has 0 fully saturated rings. The molecule has 0 atom stereocenters. The molecule has 0 saturated carbocycles. The van der Waals surface area contributed by atoms with Crippen LogP contribution in [-0.4, -0.2) is 31.1 Å². The number of likely N-dealkylation sites (N-methyl/N-ethyl adjacent to an activating group) is 1. The monoisotopic (exact) mass is 235 g/mol. The number of hydrogen-bond acceptors (Lipinski definition) is 2. The van der Waals surface area contributed by atoms with E-state index < -0.39 is 0 Å². The molecule has 0 spiro atoms. The Morgan fingerprint density at radius 2 is 1.53 bits per heavy atom. The van der Waals surface area contributed by atoms with Crippen LogP contribution in [0.5, 0.6) is 5.75 Å². The zero-order valence-corrected chi connectivity index (χ0v) is 11.8. The second-order valence-corrected chi connectivity index (χ2v) is 4.60. The van der Waals surface area contributed by atoms with E-state index in [1.54, 1.807) is 0 Å². The Morgan fingerprint density at radius 3 is 2.00 bits per heavy atom. The summed E-state index contributed by atoms with van der Waals surface area (Å²) >= 11 is 0. The molecule has 0 saturated heterocycles. The summed E-state index contributed by atoms with van der Waals surface area (Å²) in [5.74, 6) is 1.06. The molecule has 1 aromatic rings. The maximum Gasteiger partial charge on any atom is 0.125 e. The maximum atomic E-state index is 5.92. The summed E-state index contributed by atoms with van der Waals surface area (Å²) in [4.78, 5) is 2.37. The quantitative estimate of drug-likeness (QED) is 0.750. The molecule has 2 nitrogen and oxygen atoms in total. The lowest BCUT2D eigenvalue weighted by atomic mass is 10.1. The highest BCUT2D eigenvalue weighted by molar-refractivity contribution is 5.42. The van der Waals surface area contributed by atoms with Crippen LogP contribution in [0, 0.1) is 20.8 Å². The van der Waals surface area contributed by atoms with Gasteiger partial charge in [-0.2, -0.15) is 0 Å². The van der Waals surface area contributed by atoms with Gasteiger partial charge in [0.05, 0.1) is 0 Å². The van der Waals surface area contributed by atoms with Gasteiger partial charge in [0.1, 0.15) is 12.4 Å². The lowest BCUT2D eigenvalue weighted by Gasteiger charge is -2.19. The topological polar surface area (TPSA) is 12.5 Å². The van der Waals surface area contributed by atoms with Crippen molar-refractivity contribution in [3.05, 3.63) is 28.8 Å². The van der Waals surface area contributed by atoms with E-state index in [1.807, 2.05) is 0 Å². The van der Waals surface area contributed by atoms with Crippen LogP contribution >= 0.6 is 0 Å². The predicted molar refractivity (Wildman–Crippen MR) is 73.9 cm³/mol. The molecular formula is C15H25NO. The van der Waals surface area contributed by atoms with E-state index in [0.717, 1.165) is 32.0 Å². The average molecular weight is 235 g/mol. The molecule has 0 aliphatic heterocycles. The molecule has 0 bridgehead atoms. The normalized spacial score (nSPS) is 10.9. The highest BCUT2D eigenvalue weighted by Gasteiger charge is 2.05. The van der Waals surface area contributed by atoms with Gasteiger partial charge in [-0.3, -0.25) is 0 Å². The Bertz CT molecular complexity index is 333. The van der Waals surface area contributed by atoms with E-state index in [0.29, 0.717) is 0 Å². The third-order valence-electron chi connectivity index (χ3n) is 3.15. The first-order valence-electron chi connectivity index (χ1n) is 6.51. The van der Waals surface area contributed by atoms with Crippen molar-refractivity contribution < 1.29 is 4.74 Å². The molecule has 1 rings (SSSR count). The van der Waals surface area contributed by atoms with Crippen molar-refractivity contribution in [1.29, 1.82) is 0 Å². The third kappa shape index (κ3) is 4.04. The third-order valence-corrected chi connectivity index (χ3v) is 3.15. The van der Waals surface area contributed by atoms with Crippen LogP contribution < -0.4 is 4.74 Å². The number of rotatable bonds is 6. The molecule has 0 aliphatic rings. The standard InChI is InChI=1S/C15H25NO/c1-6-16(7-2)8-9-17-15-13(4)10-12(3)11-14(15)5/h10-11H,6-9H2,1-5H3. The minimum absolute atomic E-state index is 0.770. The first-order valence-corrected chi connectivity index (χ1v) is 6.51. The molecule has 96 valence electrons. The summed E-state index contributed by atoms with van der Waals surface area (Å²) < 4.78 is 5.92. The van der Waals surface area contributed by atoms with Crippen molar-refractivity contribution in [2.24, 2.45) is 0 Å². The molecule has 17 heavy (non-hydrogen) atoms. The largest absolute Gasteiger partial charge is 0.492 e. The van der Waals surface area contributed by atoms with Crippen LogP contribution in [0.2, 0.25) is 0 Å². The molecule has 1 aromatic carbocycles. The van der Waals surface area contributed by atoms with E-state index >= 15 is 0 Å². The van der Waals surface area contributed by atoms with Crippen LogP contribution in [0.15, 0.2) is 12.1 Å². The smallest absolute Gasteiger partial charge is 0.125 e. The van der Waals surface area contributed by atoms with E-state index in [4.69, 9.17) is 4.74 Å². The van der Waals surface area contributed by atoms with E-state index in [-0.39, 0.29) is 0 Å². The van der Waals surface area contributed by atoms with E-state index in [2.05, 4.69) is 51.7 Å². The van der Waals surface area contributed by atoms with Gasteiger partial charge in [0.25, 0.3) is 0 Å². The van der Waals surface area contributed by atoms with Crippen LogP contribution in [0.25, 0.3) is 0 Å². The molecule has 0 N–H and O–H groups in total. The highest BCUT2D eigenvalue weighted by atomic mass is 16.5. The molecule has 0 amide bonds. The number of aryl methyl sites for hydroxylation is 3. The predicted octanol–water partition coefficient (Wildman–Crippen LogP) is 3.33. The first-order chi connectivity index (χ1) is 8.08. The van der Waals surface area contributed by atoms with Gasteiger partial charge in [-0.1, -0.05) is 31.5 Å². The zero-order valence-electron chi connectivity index (χ0n) is 11.8. The van der Waals surface area contributed by atoms with E-state index in [9.17, 15) is 0 Å². The fourth-order valence-electron chi connectivity index (χ4n) is 2.21. The number of benzene rings is 1. The van der Waals surface area contributed by atoms with Crippen molar-refractivity contribution in [2.75, 3.05) is 26.2 Å². The average Bonchev–Trinajstić information content (AvgIpc) is 2.27. The van der Waals surface area contributed by atoms with Crippen molar-refractivity contribution in [2.45, 2.75) is 34.6 Å². The first kappa shape index (κ1) is 14.0. The van der Waals surface area contributed by atoms with Gasteiger partial charge in [0.2, 0.25) is 0 Å². The van der Waals surface area contributed by atoms with Crippen LogP contribution in [0.3, 0.4) is 0 Å². The van der Waals surface area contributed by atoms with Gasteiger partial charge in [-0.25, -0.2) is 0 Å². The molecular weight excluding hydrogens is 210 g/mol. The summed E-state index contributed by atoms with van der Waals surface area (Å²) in [6.45, 7) is 14.7. The Labute approximate surface area is 106 Å². The summed E-state index contributed by atoms with van der Waals surface area (Å²) in [5.41, 5.74) is 3.78. The van der Waals surface area contributed by atoms with Gasteiger partial charge >= 0.3 is 0 Å². The van der Waals surface area contributed by atoms with Crippen molar-refractivity contribution in [3.8, 4) is 5.75 Å².